The van der Waals surface area contributed by atoms with Crippen LogP contribution in [0.1, 0.15) is 18.2 Å². The standard InChI is InChI=1S/C16H24N2O11P2S/c1-8-7-18(16(20)17-14(8)19)15-13(27-5-4-26-2)12(29-31(24,25)32-3)11(28-15)9-6-10(9)30(21,22)23/h3,7,9-13,15H,4-6H2,1-2H3,(H,24,25)(H,17,19,20)(H2,21,22,23). The molecule has 0 amide bonds. The lowest BCUT2D eigenvalue weighted by molar-refractivity contribution is -0.0793. The Morgan fingerprint density at radius 2 is 1.97 bits per heavy atom. The molecule has 0 aromatic carbocycles. The van der Waals surface area contributed by atoms with E-state index >= 15 is 0 Å². The Labute approximate surface area is 185 Å². The van der Waals surface area contributed by atoms with E-state index in [9.17, 15) is 33.4 Å². The predicted molar refractivity (Wildman–Crippen MR) is 113 cm³/mol. The van der Waals surface area contributed by atoms with E-state index in [4.69, 9.17) is 24.4 Å². The van der Waals surface area contributed by atoms with Crippen molar-refractivity contribution in [1.82, 2.24) is 9.55 Å². The van der Waals surface area contributed by atoms with Crippen molar-refractivity contribution in [2.24, 2.45) is 5.92 Å². The van der Waals surface area contributed by atoms with Crippen molar-refractivity contribution < 1.29 is 42.5 Å². The molecule has 2 aliphatic rings. The van der Waals surface area contributed by atoms with Gasteiger partial charge in [-0.3, -0.25) is 23.4 Å². The molecule has 4 N–H and O–H groups in total. The largest absolute Gasteiger partial charge is 0.415 e. The Bertz CT molecular complexity index is 1110. The van der Waals surface area contributed by atoms with Crippen molar-refractivity contribution in [1.29, 1.82) is 0 Å². The molecule has 1 aliphatic carbocycles. The summed E-state index contributed by atoms with van der Waals surface area (Å²) >= 11 is 0. The molecule has 1 aliphatic heterocycles. The molecule has 180 valence electrons. The van der Waals surface area contributed by atoms with E-state index < -0.39 is 61.8 Å². The molecule has 2 heterocycles. The quantitative estimate of drug-likeness (QED) is 0.259. The van der Waals surface area contributed by atoms with Crippen LogP contribution in [0.5, 0.6) is 0 Å². The highest BCUT2D eigenvalue weighted by Gasteiger charge is 2.62. The summed E-state index contributed by atoms with van der Waals surface area (Å²) in [7, 11) is -2.95. The van der Waals surface area contributed by atoms with Gasteiger partial charge in [-0.25, -0.2) is 9.36 Å². The van der Waals surface area contributed by atoms with Gasteiger partial charge in [0.1, 0.15) is 12.2 Å². The minimum absolute atomic E-state index is 0.0111. The normalized spacial score (nSPS) is 31.9. The van der Waals surface area contributed by atoms with E-state index in [1.807, 2.05) is 0 Å². The number of hydrogen-bond donors (Lipinski definition) is 4. The molecule has 7 unspecified atom stereocenters. The highest BCUT2D eigenvalue weighted by molar-refractivity contribution is 8.48. The van der Waals surface area contributed by atoms with Gasteiger partial charge in [0.25, 0.3) is 5.56 Å². The third kappa shape index (κ3) is 5.49. The number of methoxy groups -OCH3 is 1. The lowest BCUT2D eigenvalue weighted by Crippen LogP contribution is -2.41. The Balaban J connectivity index is 2.04. The van der Waals surface area contributed by atoms with Gasteiger partial charge in [0.05, 0.1) is 25.0 Å². The zero-order valence-electron chi connectivity index (χ0n) is 17.1. The molecule has 1 saturated heterocycles. The van der Waals surface area contributed by atoms with Gasteiger partial charge in [-0.2, -0.15) is 0 Å². The average molecular weight is 514 g/mol. The number of nitrogens with zero attached hydrogens (tertiary/aromatic N) is 1. The Hall–Kier alpha value is -1.14. The van der Waals surface area contributed by atoms with Gasteiger partial charge in [-0.1, -0.05) is 5.69 Å². The van der Waals surface area contributed by atoms with Crippen LogP contribution in [0.4, 0.5) is 0 Å². The number of rotatable bonds is 9. The minimum atomic E-state index is -4.46. The first-order valence-electron chi connectivity index (χ1n) is 9.42. The SMILES string of the molecule is C#SP(=O)(O)OC1C(C2CC2P(=O)(O)O)OC(n2cc(C)c(=O)[nH]c2=O)C1OCCOC. The lowest BCUT2D eigenvalue weighted by Gasteiger charge is -2.25. The summed E-state index contributed by atoms with van der Waals surface area (Å²) in [5.74, 6) is -0.721. The monoisotopic (exact) mass is 514 g/mol. The van der Waals surface area contributed by atoms with E-state index in [0.717, 1.165) is 4.57 Å². The van der Waals surface area contributed by atoms with Crippen LogP contribution in [0.2, 0.25) is 0 Å². The van der Waals surface area contributed by atoms with Gasteiger partial charge < -0.3 is 28.9 Å². The van der Waals surface area contributed by atoms with Gasteiger partial charge in [0, 0.05) is 24.8 Å². The van der Waals surface area contributed by atoms with Crippen LogP contribution in [0.25, 0.3) is 0 Å². The summed E-state index contributed by atoms with van der Waals surface area (Å²) in [6.07, 6.45) is -3.48. The smallest absolute Gasteiger partial charge is 0.382 e. The molecule has 7 atom stereocenters. The fraction of sp³-hybridized carbons (Fsp3) is 0.688. The van der Waals surface area contributed by atoms with Crippen molar-refractivity contribution in [2.75, 3.05) is 20.3 Å². The molecule has 32 heavy (non-hydrogen) atoms. The second-order valence-electron chi connectivity index (χ2n) is 7.50. The summed E-state index contributed by atoms with van der Waals surface area (Å²) < 4.78 is 47.0. The van der Waals surface area contributed by atoms with Crippen molar-refractivity contribution >= 4 is 25.2 Å². The van der Waals surface area contributed by atoms with Crippen molar-refractivity contribution in [2.45, 2.75) is 43.5 Å². The van der Waals surface area contributed by atoms with Crippen molar-refractivity contribution in [3.05, 3.63) is 32.6 Å². The van der Waals surface area contributed by atoms with Crippen LogP contribution < -0.4 is 11.2 Å². The van der Waals surface area contributed by atoms with E-state index in [0.29, 0.717) is 0 Å². The number of aromatic amines is 1. The molecular formula is C16H24N2O11P2S. The van der Waals surface area contributed by atoms with Gasteiger partial charge in [-0.05, 0) is 24.1 Å². The van der Waals surface area contributed by atoms with Crippen molar-refractivity contribution in [3.63, 3.8) is 0 Å². The second-order valence-corrected chi connectivity index (χ2v) is 12.7. The first-order chi connectivity index (χ1) is 14.9. The van der Waals surface area contributed by atoms with Gasteiger partial charge in [0.2, 0.25) is 0 Å². The number of aryl methyl sites for hydroxylation is 1. The number of aromatic nitrogens is 2. The zero-order valence-corrected chi connectivity index (χ0v) is 19.7. The highest BCUT2D eigenvalue weighted by Crippen LogP contribution is 2.63. The van der Waals surface area contributed by atoms with E-state index in [1.165, 1.54) is 20.2 Å². The molecule has 3 rings (SSSR count). The van der Waals surface area contributed by atoms with Gasteiger partial charge >= 0.3 is 20.1 Å². The Morgan fingerprint density at radius 1 is 1.28 bits per heavy atom. The maximum Gasteiger partial charge on any atom is 0.415 e. The second kappa shape index (κ2) is 9.61. The molecular weight excluding hydrogens is 490 g/mol. The summed E-state index contributed by atoms with van der Waals surface area (Å²) in [4.78, 5) is 55.4. The average Bonchev–Trinajstić information content (AvgIpc) is 3.44. The molecule has 13 nitrogen and oxygen atoms in total. The van der Waals surface area contributed by atoms with E-state index in [1.54, 1.807) is 0 Å². The molecule has 1 aromatic rings. The molecule has 1 aromatic heterocycles. The maximum atomic E-state index is 12.5. The molecule has 0 radical (unpaired) electrons. The fourth-order valence-electron chi connectivity index (χ4n) is 3.69. The Kier molecular flexibility index (Phi) is 7.66. The van der Waals surface area contributed by atoms with Crippen LogP contribution in [0, 0.1) is 18.5 Å². The third-order valence-corrected chi connectivity index (χ3v) is 8.58. The summed E-state index contributed by atoms with van der Waals surface area (Å²) in [5, 5.41) is 0. The predicted octanol–water partition coefficient (Wildman–Crippen LogP) is 0.148. The number of nitrogens with one attached hydrogen (secondary N) is 1. The van der Waals surface area contributed by atoms with E-state index in [-0.39, 0.29) is 36.0 Å². The van der Waals surface area contributed by atoms with E-state index in [2.05, 4.69) is 4.98 Å². The van der Waals surface area contributed by atoms with Crippen molar-refractivity contribution in [3.8, 4) is 5.69 Å². The highest BCUT2D eigenvalue weighted by atomic mass is 32.7. The fourth-order valence-corrected chi connectivity index (χ4v) is 5.92. The third-order valence-electron chi connectivity index (χ3n) is 5.29. The molecule has 16 heteroatoms. The molecule has 0 spiro atoms. The number of H-pyrrole nitrogens is 1. The van der Waals surface area contributed by atoms with Gasteiger partial charge in [0.15, 0.2) is 6.23 Å². The number of hydrogen-bond acceptors (Lipinski definition) is 8. The van der Waals surface area contributed by atoms with Gasteiger partial charge in [-0.15, -0.1) is 0 Å². The van der Waals surface area contributed by atoms with Crippen LogP contribution in [-0.2, 0) is 27.9 Å². The van der Waals surface area contributed by atoms with Crippen LogP contribution >= 0.6 is 25.2 Å². The zero-order chi connectivity index (χ0) is 23.8. The maximum absolute atomic E-state index is 12.5. The molecule has 0 bridgehead atoms. The minimum Gasteiger partial charge on any atom is -0.382 e. The summed E-state index contributed by atoms with van der Waals surface area (Å²) in [5.41, 5.74) is 2.98. The lowest BCUT2D eigenvalue weighted by atomic mass is 10.1. The molecule has 1 saturated carbocycles. The van der Waals surface area contributed by atoms with Crippen LogP contribution in [0.15, 0.2) is 15.8 Å². The number of ether oxygens (including phenoxy) is 3. The van der Waals surface area contributed by atoms with Crippen LogP contribution in [-0.4, -0.2) is 68.5 Å². The van der Waals surface area contributed by atoms with Crippen LogP contribution in [0.3, 0.4) is 0 Å². The first kappa shape index (κ1) is 25.5. The summed E-state index contributed by atoms with van der Waals surface area (Å²) in [6, 6.07) is 0. The summed E-state index contributed by atoms with van der Waals surface area (Å²) in [6.45, 7) is -2.80. The Morgan fingerprint density at radius 3 is 2.53 bits per heavy atom. The molecule has 2 fully saturated rings. The first-order valence-corrected chi connectivity index (χ1v) is 14.2. The topological polar surface area (TPSA) is 187 Å².